The van der Waals surface area contributed by atoms with E-state index < -0.39 is 6.04 Å². The SMILES string of the molecule is COC(=O)c1ccccc1CNC(C(=O)OC)C(C)C. The van der Waals surface area contributed by atoms with E-state index in [0.29, 0.717) is 12.1 Å². The van der Waals surface area contributed by atoms with Crippen LogP contribution in [0.15, 0.2) is 24.3 Å². The minimum Gasteiger partial charge on any atom is -0.468 e. The van der Waals surface area contributed by atoms with Crippen LogP contribution in [-0.2, 0) is 20.8 Å². The summed E-state index contributed by atoms with van der Waals surface area (Å²) in [5.41, 5.74) is 1.28. The number of carbonyl (C=O) groups is 2. The highest BCUT2D eigenvalue weighted by molar-refractivity contribution is 5.91. The van der Waals surface area contributed by atoms with Crippen molar-refractivity contribution in [1.29, 1.82) is 0 Å². The van der Waals surface area contributed by atoms with Gasteiger partial charge in [-0.1, -0.05) is 32.0 Å². The van der Waals surface area contributed by atoms with Crippen molar-refractivity contribution < 1.29 is 19.1 Å². The molecule has 0 aromatic heterocycles. The standard InChI is InChI=1S/C15H21NO4/c1-10(2)13(15(18)20-4)16-9-11-7-5-6-8-12(11)14(17)19-3/h5-8,10,13,16H,9H2,1-4H3. The van der Waals surface area contributed by atoms with Crippen LogP contribution in [0.2, 0.25) is 0 Å². The third-order valence-corrected chi connectivity index (χ3v) is 3.06. The number of esters is 2. The van der Waals surface area contributed by atoms with Gasteiger partial charge in [-0.3, -0.25) is 4.79 Å². The number of methoxy groups -OCH3 is 2. The van der Waals surface area contributed by atoms with Crippen LogP contribution in [-0.4, -0.2) is 32.2 Å². The summed E-state index contributed by atoms with van der Waals surface area (Å²) in [6, 6.07) is 6.73. The van der Waals surface area contributed by atoms with Gasteiger partial charge in [-0.15, -0.1) is 0 Å². The molecule has 1 aromatic carbocycles. The molecule has 0 radical (unpaired) electrons. The molecule has 0 aliphatic carbocycles. The highest BCUT2D eigenvalue weighted by atomic mass is 16.5. The normalized spacial score (nSPS) is 12.1. The van der Waals surface area contributed by atoms with E-state index in [1.54, 1.807) is 12.1 Å². The maximum absolute atomic E-state index is 11.7. The van der Waals surface area contributed by atoms with Crippen LogP contribution in [0, 0.1) is 5.92 Å². The molecule has 110 valence electrons. The van der Waals surface area contributed by atoms with Crippen LogP contribution >= 0.6 is 0 Å². The molecule has 0 fully saturated rings. The van der Waals surface area contributed by atoms with E-state index in [2.05, 4.69) is 5.32 Å². The average molecular weight is 279 g/mol. The van der Waals surface area contributed by atoms with Gasteiger partial charge < -0.3 is 14.8 Å². The van der Waals surface area contributed by atoms with E-state index in [1.807, 2.05) is 26.0 Å². The first-order valence-corrected chi connectivity index (χ1v) is 6.48. The van der Waals surface area contributed by atoms with Crippen LogP contribution in [0.5, 0.6) is 0 Å². The molecular formula is C15H21NO4. The van der Waals surface area contributed by atoms with Gasteiger partial charge in [-0.25, -0.2) is 4.79 Å². The first-order valence-electron chi connectivity index (χ1n) is 6.48. The smallest absolute Gasteiger partial charge is 0.338 e. The van der Waals surface area contributed by atoms with Gasteiger partial charge in [-0.2, -0.15) is 0 Å². The van der Waals surface area contributed by atoms with Crippen LogP contribution in [0.3, 0.4) is 0 Å². The van der Waals surface area contributed by atoms with Crippen molar-refractivity contribution in [2.24, 2.45) is 5.92 Å². The lowest BCUT2D eigenvalue weighted by Crippen LogP contribution is -2.41. The third kappa shape index (κ3) is 4.06. The maximum Gasteiger partial charge on any atom is 0.338 e. The molecule has 1 atom stereocenters. The fourth-order valence-electron chi connectivity index (χ4n) is 1.92. The molecule has 0 amide bonds. The summed E-state index contributed by atoms with van der Waals surface area (Å²) in [7, 11) is 2.71. The number of nitrogens with one attached hydrogen (secondary N) is 1. The topological polar surface area (TPSA) is 64.6 Å². The van der Waals surface area contributed by atoms with Gasteiger partial charge in [0.25, 0.3) is 0 Å². The molecule has 1 aromatic rings. The van der Waals surface area contributed by atoms with Crippen molar-refractivity contribution >= 4 is 11.9 Å². The summed E-state index contributed by atoms with van der Waals surface area (Å²) in [4.78, 5) is 23.3. The first kappa shape index (κ1) is 16.2. The average Bonchev–Trinajstić information content (AvgIpc) is 2.46. The Morgan fingerprint density at radius 2 is 1.80 bits per heavy atom. The van der Waals surface area contributed by atoms with Gasteiger partial charge in [0.1, 0.15) is 6.04 Å². The van der Waals surface area contributed by atoms with Gasteiger partial charge in [0.2, 0.25) is 0 Å². The monoisotopic (exact) mass is 279 g/mol. The molecule has 0 bridgehead atoms. The number of ether oxygens (including phenoxy) is 2. The third-order valence-electron chi connectivity index (χ3n) is 3.06. The molecule has 1 unspecified atom stereocenters. The minimum atomic E-state index is -0.411. The van der Waals surface area contributed by atoms with Crippen molar-refractivity contribution in [3.8, 4) is 0 Å². The van der Waals surface area contributed by atoms with E-state index in [-0.39, 0.29) is 17.9 Å². The summed E-state index contributed by atoms with van der Waals surface area (Å²) in [6.07, 6.45) is 0. The zero-order valence-corrected chi connectivity index (χ0v) is 12.3. The maximum atomic E-state index is 11.7. The number of hydrogen-bond acceptors (Lipinski definition) is 5. The van der Waals surface area contributed by atoms with Gasteiger partial charge >= 0.3 is 11.9 Å². The van der Waals surface area contributed by atoms with Gasteiger partial charge in [0.15, 0.2) is 0 Å². The summed E-state index contributed by atoms with van der Waals surface area (Å²) in [5.74, 6) is -0.607. The Morgan fingerprint density at radius 3 is 2.35 bits per heavy atom. The summed E-state index contributed by atoms with van der Waals surface area (Å²) >= 11 is 0. The molecule has 0 spiro atoms. The zero-order valence-electron chi connectivity index (χ0n) is 12.3. The Kier molecular flexibility index (Phi) is 6.18. The van der Waals surface area contributed by atoms with Crippen molar-refractivity contribution in [1.82, 2.24) is 5.32 Å². The fourth-order valence-corrected chi connectivity index (χ4v) is 1.92. The Bertz CT molecular complexity index is 471. The molecule has 5 nitrogen and oxygen atoms in total. The lowest BCUT2D eigenvalue weighted by molar-refractivity contribution is -0.144. The number of benzene rings is 1. The Balaban J connectivity index is 2.83. The first-order chi connectivity index (χ1) is 9.51. The highest BCUT2D eigenvalue weighted by Crippen LogP contribution is 2.12. The van der Waals surface area contributed by atoms with Gasteiger partial charge in [-0.05, 0) is 17.5 Å². The lowest BCUT2D eigenvalue weighted by Gasteiger charge is -2.20. The molecular weight excluding hydrogens is 258 g/mol. The van der Waals surface area contributed by atoms with Crippen molar-refractivity contribution in [2.75, 3.05) is 14.2 Å². The second kappa shape index (κ2) is 7.65. The molecule has 20 heavy (non-hydrogen) atoms. The van der Waals surface area contributed by atoms with E-state index in [1.165, 1.54) is 14.2 Å². The Labute approximate surface area is 119 Å². The summed E-state index contributed by atoms with van der Waals surface area (Å²) < 4.78 is 9.51. The van der Waals surface area contributed by atoms with Gasteiger partial charge in [0, 0.05) is 6.54 Å². The van der Waals surface area contributed by atoms with Crippen molar-refractivity contribution in [3.05, 3.63) is 35.4 Å². The van der Waals surface area contributed by atoms with Crippen LogP contribution in [0.25, 0.3) is 0 Å². The van der Waals surface area contributed by atoms with Gasteiger partial charge in [0.05, 0.1) is 19.8 Å². The minimum absolute atomic E-state index is 0.0905. The Morgan fingerprint density at radius 1 is 1.15 bits per heavy atom. The predicted molar refractivity (Wildman–Crippen MR) is 75.3 cm³/mol. The van der Waals surface area contributed by atoms with Crippen LogP contribution in [0.4, 0.5) is 0 Å². The van der Waals surface area contributed by atoms with Crippen LogP contribution in [0.1, 0.15) is 29.8 Å². The van der Waals surface area contributed by atoms with E-state index in [9.17, 15) is 9.59 Å². The molecule has 5 heteroatoms. The van der Waals surface area contributed by atoms with Crippen molar-refractivity contribution in [2.45, 2.75) is 26.4 Å². The molecule has 1 rings (SSSR count). The van der Waals surface area contributed by atoms with E-state index in [0.717, 1.165) is 5.56 Å². The summed E-state index contributed by atoms with van der Waals surface area (Å²) in [5, 5.41) is 3.12. The van der Waals surface area contributed by atoms with Crippen LogP contribution < -0.4 is 5.32 Å². The van der Waals surface area contributed by atoms with E-state index in [4.69, 9.17) is 9.47 Å². The zero-order chi connectivity index (χ0) is 15.1. The highest BCUT2D eigenvalue weighted by Gasteiger charge is 2.23. The second-order valence-corrected chi connectivity index (χ2v) is 4.77. The largest absolute Gasteiger partial charge is 0.468 e. The lowest BCUT2D eigenvalue weighted by atomic mass is 10.0. The predicted octanol–water partition coefficient (Wildman–Crippen LogP) is 1.76. The number of carbonyl (C=O) groups excluding carboxylic acids is 2. The fraction of sp³-hybridized carbons (Fsp3) is 0.467. The molecule has 0 aliphatic rings. The molecule has 0 heterocycles. The quantitative estimate of drug-likeness (QED) is 0.804. The van der Waals surface area contributed by atoms with Crippen molar-refractivity contribution in [3.63, 3.8) is 0 Å². The number of rotatable bonds is 6. The summed E-state index contributed by atoms with van der Waals surface area (Å²) in [6.45, 7) is 4.25. The molecule has 1 N–H and O–H groups in total. The molecule has 0 aliphatic heterocycles. The number of hydrogen-bond donors (Lipinski definition) is 1. The second-order valence-electron chi connectivity index (χ2n) is 4.77. The van der Waals surface area contributed by atoms with E-state index >= 15 is 0 Å². The Hall–Kier alpha value is -1.88. The molecule has 0 saturated heterocycles. The molecule has 0 saturated carbocycles.